The van der Waals surface area contributed by atoms with E-state index < -0.39 is 0 Å². The molecule has 23 heavy (non-hydrogen) atoms. The SMILES string of the molecule is COc1cc(CCCc2ccc(Cl)c3ccccc23)c[n+]([O-])c1. The first-order valence-electron chi connectivity index (χ1n) is 7.60. The number of methoxy groups -OCH3 is 1. The molecule has 0 saturated carbocycles. The van der Waals surface area contributed by atoms with Gasteiger partial charge in [-0.05, 0) is 42.3 Å². The predicted octanol–water partition coefficient (Wildman–Crippen LogP) is 4.31. The molecule has 118 valence electrons. The first-order valence-corrected chi connectivity index (χ1v) is 7.98. The lowest BCUT2D eigenvalue weighted by Crippen LogP contribution is -2.25. The van der Waals surface area contributed by atoms with Crippen LogP contribution < -0.4 is 9.47 Å². The molecular formula is C19H18ClNO2. The Labute approximate surface area is 140 Å². The lowest BCUT2D eigenvalue weighted by Gasteiger charge is -2.09. The Morgan fingerprint density at radius 3 is 2.61 bits per heavy atom. The van der Waals surface area contributed by atoms with Crippen molar-refractivity contribution in [1.82, 2.24) is 0 Å². The summed E-state index contributed by atoms with van der Waals surface area (Å²) >= 11 is 6.26. The second-order valence-corrected chi connectivity index (χ2v) is 5.96. The monoisotopic (exact) mass is 327 g/mol. The van der Waals surface area contributed by atoms with Crippen LogP contribution in [0.1, 0.15) is 17.5 Å². The topological polar surface area (TPSA) is 36.2 Å². The van der Waals surface area contributed by atoms with Gasteiger partial charge in [-0.1, -0.05) is 41.9 Å². The Kier molecular flexibility index (Phi) is 4.68. The third-order valence-electron chi connectivity index (χ3n) is 3.98. The summed E-state index contributed by atoms with van der Waals surface area (Å²) in [4.78, 5) is 0. The second kappa shape index (κ2) is 6.88. The number of fused-ring (bicyclic) bond motifs is 1. The molecule has 0 spiro atoms. The van der Waals surface area contributed by atoms with Gasteiger partial charge < -0.3 is 9.94 Å². The molecule has 0 aliphatic carbocycles. The highest BCUT2D eigenvalue weighted by molar-refractivity contribution is 6.35. The fraction of sp³-hybridized carbons (Fsp3) is 0.211. The molecule has 3 rings (SSSR count). The van der Waals surface area contributed by atoms with Crippen molar-refractivity contribution in [3.05, 3.63) is 76.2 Å². The van der Waals surface area contributed by atoms with Gasteiger partial charge in [-0.25, -0.2) is 0 Å². The van der Waals surface area contributed by atoms with E-state index in [1.807, 2.05) is 30.3 Å². The van der Waals surface area contributed by atoms with Gasteiger partial charge in [0.05, 0.1) is 7.11 Å². The molecule has 0 atom stereocenters. The van der Waals surface area contributed by atoms with Crippen molar-refractivity contribution in [2.75, 3.05) is 7.11 Å². The third-order valence-corrected chi connectivity index (χ3v) is 4.31. The van der Waals surface area contributed by atoms with Crippen molar-refractivity contribution < 1.29 is 9.47 Å². The lowest BCUT2D eigenvalue weighted by molar-refractivity contribution is -0.606. The number of hydrogen-bond acceptors (Lipinski definition) is 2. The largest absolute Gasteiger partial charge is 0.619 e. The molecular weight excluding hydrogens is 310 g/mol. The number of aryl methyl sites for hydroxylation is 2. The van der Waals surface area contributed by atoms with Crippen molar-refractivity contribution in [2.45, 2.75) is 19.3 Å². The van der Waals surface area contributed by atoms with E-state index in [0.29, 0.717) is 5.75 Å². The summed E-state index contributed by atoms with van der Waals surface area (Å²) in [6, 6.07) is 14.1. The second-order valence-electron chi connectivity index (χ2n) is 5.55. The summed E-state index contributed by atoms with van der Waals surface area (Å²) in [7, 11) is 1.57. The maximum Gasteiger partial charge on any atom is 0.222 e. The number of pyridine rings is 1. The van der Waals surface area contributed by atoms with Gasteiger partial charge in [0.15, 0.2) is 11.9 Å². The molecule has 1 aromatic heterocycles. The first-order chi connectivity index (χ1) is 11.2. The molecule has 3 aromatic rings. The van der Waals surface area contributed by atoms with E-state index >= 15 is 0 Å². The van der Waals surface area contributed by atoms with Gasteiger partial charge >= 0.3 is 0 Å². The average molecular weight is 328 g/mol. The molecule has 0 aliphatic heterocycles. The van der Waals surface area contributed by atoms with Crippen LogP contribution in [0.4, 0.5) is 0 Å². The predicted molar refractivity (Wildman–Crippen MR) is 92.9 cm³/mol. The summed E-state index contributed by atoms with van der Waals surface area (Å²) < 4.78 is 5.93. The molecule has 0 radical (unpaired) electrons. The summed E-state index contributed by atoms with van der Waals surface area (Å²) in [5, 5.41) is 14.6. The number of aromatic nitrogens is 1. The molecule has 1 heterocycles. The molecule has 0 saturated heterocycles. The number of benzene rings is 2. The lowest BCUT2D eigenvalue weighted by atomic mass is 9.99. The van der Waals surface area contributed by atoms with Crippen molar-refractivity contribution in [1.29, 1.82) is 0 Å². The third kappa shape index (κ3) is 3.57. The molecule has 0 fully saturated rings. The number of halogens is 1. The summed E-state index contributed by atoms with van der Waals surface area (Å²) in [6.07, 6.45) is 5.75. The van der Waals surface area contributed by atoms with Gasteiger partial charge in [-0.3, -0.25) is 0 Å². The zero-order valence-electron chi connectivity index (χ0n) is 13.0. The number of rotatable bonds is 5. The van der Waals surface area contributed by atoms with E-state index in [4.69, 9.17) is 16.3 Å². The maximum atomic E-state index is 11.5. The normalized spacial score (nSPS) is 10.9. The van der Waals surface area contributed by atoms with E-state index in [9.17, 15) is 5.21 Å². The van der Waals surface area contributed by atoms with Crippen LogP contribution in [-0.4, -0.2) is 7.11 Å². The van der Waals surface area contributed by atoms with E-state index in [2.05, 4.69) is 12.1 Å². The number of hydrogen-bond donors (Lipinski definition) is 0. The van der Waals surface area contributed by atoms with Gasteiger partial charge in [0.1, 0.15) is 0 Å². The maximum absolute atomic E-state index is 11.5. The molecule has 3 nitrogen and oxygen atoms in total. The minimum absolute atomic E-state index is 0.592. The Morgan fingerprint density at radius 1 is 1.04 bits per heavy atom. The van der Waals surface area contributed by atoms with Crippen LogP contribution in [0, 0.1) is 5.21 Å². The fourth-order valence-electron chi connectivity index (χ4n) is 2.86. The van der Waals surface area contributed by atoms with Gasteiger partial charge in [0.2, 0.25) is 6.20 Å². The van der Waals surface area contributed by atoms with Crippen LogP contribution in [-0.2, 0) is 12.8 Å². The van der Waals surface area contributed by atoms with Crippen molar-refractivity contribution in [2.24, 2.45) is 0 Å². The summed E-state index contributed by atoms with van der Waals surface area (Å²) in [5.41, 5.74) is 2.26. The van der Waals surface area contributed by atoms with Gasteiger partial charge in [-0.2, -0.15) is 4.73 Å². The molecule has 0 N–H and O–H groups in total. The van der Waals surface area contributed by atoms with Crippen molar-refractivity contribution in [3.8, 4) is 5.75 Å². The van der Waals surface area contributed by atoms with Crippen LogP contribution in [0.5, 0.6) is 5.75 Å². The first kappa shape index (κ1) is 15.6. The molecule has 0 aliphatic rings. The molecule has 0 bridgehead atoms. The zero-order valence-corrected chi connectivity index (χ0v) is 13.7. The van der Waals surface area contributed by atoms with E-state index in [1.54, 1.807) is 13.3 Å². The Hall–Kier alpha value is -2.26. The van der Waals surface area contributed by atoms with Crippen LogP contribution in [0.3, 0.4) is 0 Å². The molecule has 2 aromatic carbocycles. The Morgan fingerprint density at radius 2 is 1.83 bits per heavy atom. The van der Waals surface area contributed by atoms with Crippen LogP contribution in [0.2, 0.25) is 5.02 Å². The summed E-state index contributed by atoms with van der Waals surface area (Å²) in [6.45, 7) is 0. The minimum Gasteiger partial charge on any atom is -0.619 e. The highest BCUT2D eigenvalue weighted by atomic mass is 35.5. The van der Waals surface area contributed by atoms with Crippen molar-refractivity contribution >= 4 is 22.4 Å². The molecule has 0 amide bonds. The quantitative estimate of drug-likeness (QED) is 0.517. The van der Waals surface area contributed by atoms with E-state index in [1.165, 1.54) is 17.1 Å². The van der Waals surface area contributed by atoms with Crippen LogP contribution >= 0.6 is 11.6 Å². The van der Waals surface area contributed by atoms with Crippen LogP contribution in [0.25, 0.3) is 10.8 Å². The number of nitrogens with zero attached hydrogens (tertiary/aromatic N) is 1. The highest BCUT2D eigenvalue weighted by Crippen LogP contribution is 2.27. The zero-order chi connectivity index (χ0) is 16.2. The molecule has 4 heteroatoms. The Bertz CT molecular complexity index is 833. The van der Waals surface area contributed by atoms with Crippen molar-refractivity contribution in [3.63, 3.8) is 0 Å². The average Bonchev–Trinajstić information content (AvgIpc) is 2.57. The van der Waals surface area contributed by atoms with Gasteiger partial charge in [0, 0.05) is 16.0 Å². The summed E-state index contributed by atoms with van der Waals surface area (Å²) in [5.74, 6) is 0.592. The van der Waals surface area contributed by atoms with E-state index in [-0.39, 0.29) is 0 Å². The fourth-order valence-corrected chi connectivity index (χ4v) is 3.09. The van der Waals surface area contributed by atoms with Gasteiger partial charge in [0.25, 0.3) is 0 Å². The van der Waals surface area contributed by atoms with Crippen LogP contribution in [0.15, 0.2) is 54.9 Å². The smallest absolute Gasteiger partial charge is 0.222 e. The highest BCUT2D eigenvalue weighted by Gasteiger charge is 2.07. The minimum atomic E-state index is 0.592. The Balaban J connectivity index is 1.74. The standard InChI is InChI=1S/C19H18ClNO2/c1-23-16-11-14(12-21(22)13-16)5-4-6-15-9-10-19(20)18-8-3-2-7-17(15)18/h2-3,7-13H,4-6H2,1H3. The number of ether oxygens (including phenoxy) is 1. The van der Waals surface area contributed by atoms with E-state index in [0.717, 1.165) is 40.0 Å². The molecule has 0 unspecified atom stereocenters. The van der Waals surface area contributed by atoms with Gasteiger partial charge in [-0.15, -0.1) is 0 Å².